The van der Waals surface area contributed by atoms with Crippen molar-refractivity contribution >= 4 is 28.6 Å². The molecule has 0 aliphatic carbocycles. The quantitative estimate of drug-likeness (QED) is 0.342. The van der Waals surface area contributed by atoms with Gasteiger partial charge in [0.05, 0.1) is 0 Å². The first-order chi connectivity index (χ1) is 5.20. The van der Waals surface area contributed by atoms with Crippen molar-refractivity contribution < 1.29 is 45.0 Å². The molecule has 0 aromatic carbocycles. The normalized spacial score (nSPS) is 5.14. The van der Waals surface area contributed by atoms with Crippen molar-refractivity contribution in [2.75, 3.05) is 0 Å². The molecule has 0 fully saturated rings. The summed E-state index contributed by atoms with van der Waals surface area (Å²) in [6, 6.07) is 0. The molecule has 0 radical (unpaired) electrons. The third-order valence-electron chi connectivity index (χ3n) is 0. The van der Waals surface area contributed by atoms with Crippen LogP contribution in [-0.4, -0.2) is 28.6 Å². The van der Waals surface area contributed by atoms with E-state index >= 15 is 0 Å². The van der Waals surface area contributed by atoms with Crippen LogP contribution in [0.5, 0.6) is 0 Å². The molecule has 0 saturated heterocycles. The molecule has 0 aromatic rings. The summed E-state index contributed by atoms with van der Waals surface area (Å²) >= 11 is 0. The summed E-state index contributed by atoms with van der Waals surface area (Å²) < 4.78 is 0. The fourth-order valence-electron chi connectivity index (χ4n) is 0. The van der Waals surface area contributed by atoms with Gasteiger partial charge in [-0.1, -0.05) is 0 Å². The first kappa shape index (κ1) is 29.6. The van der Waals surface area contributed by atoms with Crippen molar-refractivity contribution in [1.29, 1.82) is 0 Å². The fourth-order valence-corrected chi connectivity index (χ4v) is 0. The molecule has 0 atom stereocenters. The molecule has 0 aliphatic heterocycles. The molecule has 0 aromatic heterocycles. The standard InChI is InChI=1S/3CH2O3.C.Be/c3*2-1(3)4;;/h3*(H2,2,3,4);;/q;;;+4;+2/p-6. The van der Waals surface area contributed by atoms with Crippen molar-refractivity contribution in [3.05, 3.63) is 7.43 Å². The minimum absolute atomic E-state index is 0. The largest absolute Gasteiger partial charge is 4.00 e. The van der Waals surface area contributed by atoms with Gasteiger partial charge in [-0.05, 0) is 18.5 Å². The SMILES string of the molecule is O=C([O-])[O-].O=C([O-])[O-].O=C([O-])[O-].[Be+2].[C+4]. The van der Waals surface area contributed by atoms with Gasteiger partial charge in [-0.3, -0.25) is 0 Å². The summed E-state index contributed by atoms with van der Waals surface area (Å²) in [6.45, 7) is 0. The third-order valence-corrected chi connectivity index (χ3v) is 0. The predicted octanol–water partition coefficient (Wildman–Crippen LogP) is -7.64. The maximum atomic E-state index is 8.33. The van der Waals surface area contributed by atoms with Crippen molar-refractivity contribution in [2.24, 2.45) is 0 Å². The molecule has 0 heterocycles. The number of carbonyl (C=O) groups excluding carboxylic acids is 3. The third kappa shape index (κ3) is 197. The smallest absolute Gasteiger partial charge is 0.652 e. The molecule has 0 amide bonds. The molecular weight excluding hydrogens is 201 g/mol. The summed E-state index contributed by atoms with van der Waals surface area (Å²) in [5.74, 6) is 0. The Kier molecular flexibility index (Phi) is 47.5. The fraction of sp³-hybridized carbons (Fsp3) is 0. The van der Waals surface area contributed by atoms with E-state index < -0.39 is 18.5 Å². The van der Waals surface area contributed by atoms with E-state index in [9.17, 15) is 0 Å². The van der Waals surface area contributed by atoms with Gasteiger partial charge in [0, 0.05) is 0 Å². The molecule has 0 bridgehead atoms. The Morgan fingerprint density at radius 2 is 0.571 bits per heavy atom. The van der Waals surface area contributed by atoms with Crippen LogP contribution in [0, 0.1) is 7.43 Å². The first-order valence-corrected chi connectivity index (χ1v) is 1.84. The number of carboxylic acid groups (broad SMARTS) is 6. The second kappa shape index (κ2) is 22.4. The zero-order valence-corrected chi connectivity index (χ0v) is 6.38. The Bertz CT molecular complexity index is 114. The number of hydrogen-bond acceptors (Lipinski definition) is 9. The number of carbonyl (C=O) groups is 3. The van der Waals surface area contributed by atoms with E-state index in [1.165, 1.54) is 0 Å². The molecule has 9 nitrogen and oxygen atoms in total. The van der Waals surface area contributed by atoms with Crippen LogP contribution in [-0.2, 0) is 0 Å². The van der Waals surface area contributed by atoms with Gasteiger partial charge in [-0.15, -0.1) is 0 Å². The summed E-state index contributed by atoms with van der Waals surface area (Å²) in [6.07, 6.45) is -7.00. The second-order valence-electron chi connectivity index (χ2n) is 0.750. The molecule has 0 spiro atoms. The minimum atomic E-state index is -2.33. The second-order valence-corrected chi connectivity index (χ2v) is 0.750. The Hall–Kier alpha value is -2.02. The average molecular weight is 201 g/mol. The molecule has 10 heteroatoms. The zero-order chi connectivity index (χ0) is 10.7. The van der Waals surface area contributed by atoms with Gasteiger partial charge in [-0.2, -0.15) is 0 Å². The van der Waals surface area contributed by atoms with Crippen molar-refractivity contribution in [3.8, 4) is 0 Å². The van der Waals surface area contributed by atoms with Crippen LogP contribution >= 0.6 is 0 Å². The monoisotopic (exact) mass is 201 g/mol. The van der Waals surface area contributed by atoms with E-state index in [0.29, 0.717) is 0 Å². The van der Waals surface area contributed by atoms with Crippen LogP contribution in [0.1, 0.15) is 0 Å². The Morgan fingerprint density at radius 3 is 0.571 bits per heavy atom. The molecule has 72 valence electrons. The first-order valence-electron chi connectivity index (χ1n) is 1.84. The van der Waals surface area contributed by atoms with Crippen LogP contribution in [0.25, 0.3) is 0 Å². The molecule has 0 N–H and O–H groups in total. The van der Waals surface area contributed by atoms with E-state index in [2.05, 4.69) is 0 Å². The number of rotatable bonds is 0. The van der Waals surface area contributed by atoms with E-state index in [0.717, 1.165) is 0 Å². The Labute approximate surface area is 82.1 Å². The molecule has 0 rings (SSSR count). The Balaban J connectivity index is -0.0000000270. The van der Waals surface area contributed by atoms with E-state index in [1.807, 2.05) is 0 Å². The van der Waals surface area contributed by atoms with Crippen LogP contribution in [0.15, 0.2) is 0 Å². The van der Waals surface area contributed by atoms with Crippen molar-refractivity contribution in [2.45, 2.75) is 0 Å². The van der Waals surface area contributed by atoms with Gasteiger partial charge >= 0.3 is 17.5 Å². The van der Waals surface area contributed by atoms with Gasteiger partial charge in [0.2, 0.25) is 0 Å². The van der Waals surface area contributed by atoms with Crippen molar-refractivity contribution in [3.63, 3.8) is 0 Å². The van der Waals surface area contributed by atoms with Gasteiger partial charge in [-0.25, -0.2) is 0 Å². The Morgan fingerprint density at radius 1 is 0.571 bits per heavy atom. The maximum Gasteiger partial charge on any atom is 4.00 e. The van der Waals surface area contributed by atoms with E-state index in [-0.39, 0.29) is 17.5 Å². The molecule has 14 heavy (non-hydrogen) atoms. The van der Waals surface area contributed by atoms with Gasteiger partial charge in [0.25, 0.3) is 0 Å². The molecular formula is C4BeO9. The maximum absolute atomic E-state index is 8.33. The summed E-state index contributed by atoms with van der Waals surface area (Å²) in [7, 11) is 0. The van der Waals surface area contributed by atoms with Crippen LogP contribution < -0.4 is 30.6 Å². The summed E-state index contributed by atoms with van der Waals surface area (Å²) in [5, 5.41) is 50.0. The van der Waals surface area contributed by atoms with Gasteiger partial charge < -0.3 is 45.0 Å². The number of hydrogen-bond donors (Lipinski definition) is 0. The average Bonchev–Trinajstić information content (AvgIpc) is 1.54. The van der Waals surface area contributed by atoms with E-state index in [1.54, 1.807) is 0 Å². The van der Waals surface area contributed by atoms with Gasteiger partial charge in [0.1, 0.15) is 0 Å². The minimum Gasteiger partial charge on any atom is -0.652 e. The summed E-state index contributed by atoms with van der Waals surface area (Å²) in [4.78, 5) is 25.0. The van der Waals surface area contributed by atoms with E-state index in [4.69, 9.17) is 45.0 Å². The molecule has 0 aliphatic rings. The summed E-state index contributed by atoms with van der Waals surface area (Å²) in [5.41, 5.74) is 0. The van der Waals surface area contributed by atoms with Crippen LogP contribution in [0.3, 0.4) is 0 Å². The zero-order valence-electron chi connectivity index (χ0n) is 6.38. The van der Waals surface area contributed by atoms with Gasteiger partial charge in [0.15, 0.2) is 0 Å². The van der Waals surface area contributed by atoms with Crippen molar-refractivity contribution in [1.82, 2.24) is 0 Å². The predicted molar refractivity (Wildman–Crippen MR) is 25.2 cm³/mol. The van der Waals surface area contributed by atoms with Crippen LogP contribution in [0.2, 0.25) is 0 Å². The van der Waals surface area contributed by atoms with Crippen LogP contribution in [0.4, 0.5) is 14.4 Å². The molecule has 0 saturated carbocycles. The molecule has 0 unspecified atom stereocenters. The topological polar surface area (TPSA) is 190 Å².